The molecule has 18 heavy (non-hydrogen) atoms. The van der Waals surface area contributed by atoms with Crippen molar-refractivity contribution in [2.75, 3.05) is 0 Å². The average Bonchev–Trinajstić information content (AvgIpc) is 2.28. The molecule has 0 amide bonds. The maximum Gasteiger partial charge on any atom is 0.573 e. The molecule has 0 aliphatic rings. The summed E-state index contributed by atoms with van der Waals surface area (Å²) in [7, 11) is 0. The Morgan fingerprint density at radius 1 is 1.33 bits per heavy atom. The quantitative estimate of drug-likeness (QED) is 0.796. The monoisotopic (exact) mass is 272 g/mol. The summed E-state index contributed by atoms with van der Waals surface area (Å²) in [6.07, 6.45) is -3.70. The standard InChI is InChI=1S/C11H4ClF3N2O/c12-9-6(4-16)5-17-10-7(9)2-1-3-8(10)18-11(13,14)15/h1-3,5H. The molecule has 1 aromatic heterocycles. The molecule has 0 atom stereocenters. The lowest BCUT2D eigenvalue weighted by Gasteiger charge is -2.11. The fourth-order valence-corrected chi connectivity index (χ4v) is 1.69. The third-order valence-electron chi connectivity index (χ3n) is 2.14. The second-order valence-corrected chi connectivity index (χ2v) is 3.68. The Kier molecular flexibility index (Phi) is 3.01. The summed E-state index contributed by atoms with van der Waals surface area (Å²) in [6, 6.07) is 5.74. The summed E-state index contributed by atoms with van der Waals surface area (Å²) in [5, 5.41) is 9.03. The Labute approximate surface area is 104 Å². The summed E-state index contributed by atoms with van der Waals surface area (Å²) < 4.78 is 40.4. The van der Waals surface area contributed by atoms with Crippen LogP contribution in [0.5, 0.6) is 5.75 Å². The van der Waals surface area contributed by atoms with Crippen LogP contribution < -0.4 is 4.74 Å². The van der Waals surface area contributed by atoms with E-state index in [2.05, 4.69) is 9.72 Å². The summed E-state index contributed by atoms with van der Waals surface area (Å²) in [4.78, 5) is 3.76. The maximum atomic E-state index is 12.2. The van der Waals surface area contributed by atoms with Crippen LogP contribution in [0.2, 0.25) is 5.02 Å². The first-order valence-electron chi connectivity index (χ1n) is 4.65. The average molecular weight is 273 g/mol. The number of ether oxygens (including phenoxy) is 1. The number of nitrogens with zero attached hydrogens (tertiary/aromatic N) is 2. The van der Waals surface area contributed by atoms with Crippen molar-refractivity contribution >= 4 is 22.5 Å². The molecule has 0 aliphatic heterocycles. The van der Waals surface area contributed by atoms with Gasteiger partial charge in [-0.05, 0) is 6.07 Å². The van der Waals surface area contributed by atoms with Gasteiger partial charge in [0.1, 0.15) is 11.6 Å². The topological polar surface area (TPSA) is 45.9 Å². The lowest BCUT2D eigenvalue weighted by atomic mass is 10.1. The Balaban J connectivity index is 2.65. The Bertz CT molecular complexity index is 649. The minimum absolute atomic E-state index is 0.0428. The molecule has 7 heteroatoms. The fourth-order valence-electron chi connectivity index (χ4n) is 1.45. The number of halogens is 4. The molecular weight excluding hydrogens is 269 g/mol. The van der Waals surface area contributed by atoms with Crippen LogP contribution in [0.4, 0.5) is 13.2 Å². The van der Waals surface area contributed by atoms with Crippen molar-refractivity contribution in [3.8, 4) is 11.8 Å². The molecule has 1 heterocycles. The Morgan fingerprint density at radius 3 is 2.67 bits per heavy atom. The predicted molar refractivity (Wildman–Crippen MR) is 58.2 cm³/mol. The number of para-hydroxylation sites is 1. The number of hydrogen-bond acceptors (Lipinski definition) is 3. The smallest absolute Gasteiger partial charge is 0.403 e. The highest BCUT2D eigenvalue weighted by Gasteiger charge is 2.32. The van der Waals surface area contributed by atoms with Gasteiger partial charge in [0.2, 0.25) is 0 Å². The highest BCUT2D eigenvalue weighted by molar-refractivity contribution is 6.36. The van der Waals surface area contributed by atoms with E-state index in [0.29, 0.717) is 0 Å². The van der Waals surface area contributed by atoms with Crippen LogP contribution in [0.3, 0.4) is 0 Å². The maximum absolute atomic E-state index is 12.2. The van der Waals surface area contributed by atoms with E-state index in [9.17, 15) is 13.2 Å². The zero-order valence-corrected chi connectivity index (χ0v) is 9.38. The van der Waals surface area contributed by atoms with E-state index in [1.54, 1.807) is 6.07 Å². The van der Waals surface area contributed by atoms with E-state index in [1.807, 2.05) is 0 Å². The van der Waals surface area contributed by atoms with Gasteiger partial charge in [-0.3, -0.25) is 4.98 Å². The zero-order valence-electron chi connectivity index (χ0n) is 8.62. The molecule has 0 spiro atoms. The lowest BCUT2D eigenvalue weighted by molar-refractivity contribution is -0.274. The number of fused-ring (bicyclic) bond motifs is 1. The molecule has 0 radical (unpaired) electrons. The molecule has 0 unspecified atom stereocenters. The summed E-state index contributed by atoms with van der Waals surface area (Å²) in [6.45, 7) is 0. The number of alkyl halides is 3. The first kappa shape index (κ1) is 12.5. The minimum Gasteiger partial charge on any atom is -0.403 e. The largest absolute Gasteiger partial charge is 0.573 e. The second-order valence-electron chi connectivity index (χ2n) is 3.30. The van der Waals surface area contributed by atoms with E-state index in [-0.39, 0.29) is 21.5 Å². The number of nitriles is 1. The van der Waals surface area contributed by atoms with Gasteiger partial charge in [-0.2, -0.15) is 5.26 Å². The van der Waals surface area contributed by atoms with Crippen molar-refractivity contribution in [1.29, 1.82) is 5.26 Å². The van der Waals surface area contributed by atoms with Gasteiger partial charge in [-0.1, -0.05) is 23.7 Å². The van der Waals surface area contributed by atoms with Gasteiger partial charge in [0.05, 0.1) is 10.6 Å². The summed E-state index contributed by atoms with van der Waals surface area (Å²) >= 11 is 5.89. The van der Waals surface area contributed by atoms with Gasteiger partial charge in [0, 0.05) is 11.6 Å². The van der Waals surface area contributed by atoms with Crippen molar-refractivity contribution in [2.45, 2.75) is 6.36 Å². The van der Waals surface area contributed by atoms with E-state index in [1.165, 1.54) is 12.1 Å². The van der Waals surface area contributed by atoms with Crippen molar-refractivity contribution < 1.29 is 17.9 Å². The SMILES string of the molecule is N#Cc1cnc2c(OC(F)(F)F)cccc2c1Cl. The van der Waals surface area contributed by atoms with Gasteiger partial charge in [-0.25, -0.2) is 0 Å². The first-order chi connectivity index (χ1) is 8.42. The van der Waals surface area contributed by atoms with Gasteiger partial charge < -0.3 is 4.74 Å². The van der Waals surface area contributed by atoms with Crippen LogP contribution in [0.25, 0.3) is 10.9 Å². The molecule has 0 saturated heterocycles. The van der Waals surface area contributed by atoms with Crippen LogP contribution in [0.15, 0.2) is 24.4 Å². The fraction of sp³-hybridized carbons (Fsp3) is 0.0909. The van der Waals surface area contributed by atoms with Crippen molar-refractivity contribution in [2.24, 2.45) is 0 Å². The van der Waals surface area contributed by atoms with Crippen LogP contribution in [0.1, 0.15) is 5.56 Å². The summed E-state index contributed by atoms with van der Waals surface area (Å²) in [5.41, 5.74) is 0.0483. The van der Waals surface area contributed by atoms with Gasteiger partial charge in [-0.15, -0.1) is 13.2 Å². The van der Waals surface area contributed by atoms with Crippen LogP contribution >= 0.6 is 11.6 Å². The Hall–Kier alpha value is -2.00. The minimum atomic E-state index is -4.81. The number of hydrogen-bond donors (Lipinski definition) is 0. The van der Waals surface area contributed by atoms with Gasteiger partial charge >= 0.3 is 6.36 Å². The van der Waals surface area contributed by atoms with Crippen molar-refractivity contribution in [3.63, 3.8) is 0 Å². The normalized spacial score (nSPS) is 11.3. The van der Waals surface area contributed by atoms with Gasteiger partial charge in [0.25, 0.3) is 0 Å². The molecule has 0 saturated carbocycles. The number of pyridine rings is 1. The van der Waals surface area contributed by atoms with Crippen LogP contribution in [-0.2, 0) is 0 Å². The number of rotatable bonds is 1. The molecule has 1 aromatic carbocycles. The Morgan fingerprint density at radius 2 is 2.06 bits per heavy atom. The van der Waals surface area contributed by atoms with E-state index >= 15 is 0 Å². The molecule has 0 fully saturated rings. The summed E-state index contributed by atoms with van der Waals surface area (Å²) in [5.74, 6) is -0.452. The van der Waals surface area contributed by atoms with E-state index in [4.69, 9.17) is 16.9 Å². The third-order valence-corrected chi connectivity index (χ3v) is 2.55. The second kappa shape index (κ2) is 4.35. The molecule has 2 rings (SSSR count). The van der Waals surface area contributed by atoms with Crippen molar-refractivity contribution in [1.82, 2.24) is 4.98 Å². The molecule has 0 N–H and O–H groups in total. The van der Waals surface area contributed by atoms with E-state index < -0.39 is 12.1 Å². The van der Waals surface area contributed by atoms with Crippen LogP contribution in [-0.4, -0.2) is 11.3 Å². The predicted octanol–water partition coefficient (Wildman–Crippen LogP) is 3.66. The lowest BCUT2D eigenvalue weighted by Crippen LogP contribution is -2.17. The van der Waals surface area contributed by atoms with Crippen LogP contribution in [0, 0.1) is 11.3 Å². The molecule has 0 aliphatic carbocycles. The molecule has 0 bridgehead atoms. The highest BCUT2D eigenvalue weighted by Crippen LogP contribution is 2.33. The van der Waals surface area contributed by atoms with Gasteiger partial charge in [0.15, 0.2) is 5.75 Å². The first-order valence-corrected chi connectivity index (χ1v) is 5.03. The molecule has 3 nitrogen and oxygen atoms in total. The van der Waals surface area contributed by atoms with E-state index in [0.717, 1.165) is 12.3 Å². The molecule has 2 aromatic rings. The third kappa shape index (κ3) is 2.31. The number of aromatic nitrogens is 1. The molecular formula is C11H4ClF3N2O. The molecule has 92 valence electrons. The highest BCUT2D eigenvalue weighted by atomic mass is 35.5. The number of benzene rings is 1. The van der Waals surface area contributed by atoms with Crippen molar-refractivity contribution in [3.05, 3.63) is 35.0 Å². The zero-order chi connectivity index (χ0) is 13.3.